The van der Waals surface area contributed by atoms with Gasteiger partial charge in [-0.05, 0) is 55.6 Å². The summed E-state index contributed by atoms with van der Waals surface area (Å²) in [5.74, 6) is 0.678. The second-order valence-electron chi connectivity index (χ2n) is 4.05. The van der Waals surface area contributed by atoms with Crippen LogP contribution in [0.3, 0.4) is 0 Å². The minimum atomic E-state index is -0.0930. The van der Waals surface area contributed by atoms with Crippen LogP contribution in [0.5, 0.6) is 5.75 Å². The molecule has 0 unspecified atom stereocenters. The van der Waals surface area contributed by atoms with E-state index in [9.17, 15) is 4.79 Å². The summed E-state index contributed by atoms with van der Waals surface area (Å²) < 4.78 is 8.11. The molecule has 0 atom stereocenters. The number of nitrogen functional groups attached to an aromatic ring is 1. The predicted molar refractivity (Wildman–Crippen MR) is 82.6 cm³/mol. The molecule has 6 heteroatoms. The normalized spacial score (nSPS) is 10.5. The summed E-state index contributed by atoms with van der Waals surface area (Å²) in [6.07, 6.45) is 1.74. The number of pyridine rings is 1. The Morgan fingerprint density at radius 3 is 2.68 bits per heavy atom. The Bertz CT molecular complexity index is 668. The topological polar surface area (TPSA) is 57.2 Å². The van der Waals surface area contributed by atoms with Crippen LogP contribution in [0.1, 0.15) is 5.56 Å². The quantitative estimate of drug-likeness (QED) is 0.823. The van der Waals surface area contributed by atoms with E-state index in [2.05, 4.69) is 31.9 Å². The Morgan fingerprint density at radius 1 is 1.26 bits per heavy atom. The van der Waals surface area contributed by atoms with Gasteiger partial charge in [0.25, 0.3) is 5.56 Å². The van der Waals surface area contributed by atoms with Gasteiger partial charge >= 0.3 is 0 Å². The Hall–Kier alpha value is -1.27. The SMILES string of the molecule is COc1cc(N)cc(Cn2cc(Br)cc(Br)c2=O)c1. The molecule has 100 valence electrons. The molecule has 1 aromatic heterocycles. The second kappa shape index (κ2) is 5.79. The molecule has 0 bridgehead atoms. The molecule has 19 heavy (non-hydrogen) atoms. The van der Waals surface area contributed by atoms with E-state index in [0.717, 1.165) is 10.0 Å². The molecule has 2 rings (SSSR count). The highest BCUT2D eigenvalue weighted by molar-refractivity contribution is 9.11. The maximum absolute atomic E-state index is 12.0. The van der Waals surface area contributed by atoms with Gasteiger partial charge in [-0.15, -0.1) is 0 Å². The van der Waals surface area contributed by atoms with Crippen LogP contribution in [0.4, 0.5) is 5.69 Å². The predicted octanol–water partition coefficient (Wildman–Crippen LogP) is 3.01. The third kappa shape index (κ3) is 3.39. The fourth-order valence-corrected chi connectivity index (χ4v) is 3.03. The Labute approximate surface area is 127 Å². The monoisotopic (exact) mass is 386 g/mol. The highest BCUT2D eigenvalue weighted by Gasteiger charge is 2.06. The van der Waals surface area contributed by atoms with Gasteiger partial charge in [-0.2, -0.15) is 0 Å². The van der Waals surface area contributed by atoms with Gasteiger partial charge in [0.15, 0.2) is 0 Å². The van der Waals surface area contributed by atoms with Gasteiger partial charge in [-0.3, -0.25) is 4.79 Å². The van der Waals surface area contributed by atoms with Crippen LogP contribution >= 0.6 is 31.9 Å². The first-order chi connectivity index (χ1) is 8.99. The number of nitrogens with zero attached hydrogens (tertiary/aromatic N) is 1. The minimum absolute atomic E-state index is 0.0930. The lowest BCUT2D eigenvalue weighted by molar-refractivity contribution is 0.414. The van der Waals surface area contributed by atoms with Gasteiger partial charge < -0.3 is 15.0 Å². The van der Waals surface area contributed by atoms with Gasteiger partial charge in [0, 0.05) is 22.4 Å². The van der Waals surface area contributed by atoms with Crippen LogP contribution in [0, 0.1) is 0 Å². The van der Waals surface area contributed by atoms with Crippen LogP contribution in [-0.2, 0) is 6.54 Å². The molecule has 0 aliphatic carbocycles. The van der Waals surface area contributed by atoms with Crippen LogP contribution in [0.2, 0.25) is 0 Å². The summed E-state index contributed by atoms with van der Waals surface area (Å²) in [7, 11) is 1.58. The number of hydrogen-bond donors (Lipinski definition) is 1. The largest absolute Gasteiger partial charge is 0.497 e. The number of nitrogens with two attached hydrogens (primary N) is 1. The molecule has 0 aliphatic heterocycles. The number of aromatic nitrogens is 1. The average molecular weight is 388 g/mol. The van der Waals surface area contributed by atoms with Gasteiger partial charge in [-0.1, -0.05) is 0 Å². The summed E-state index contributed by atoms with van der Waals surface area (Å²) in [4.78, 5) is 12.0. The molecule has 0 radical (unpaired) electrons. The van der Waals surface area contributed by atoms with Crippen LogP contribution < -0.4 is 16.0 Å². The van der Waals surface area contributed by atoms with Crippen molar-refractivity contribution in [3.63, 3.8) is 0 Å². The Morgan fingerprint density at radius 2 is 2.00 bits per heavy atom. The molecule has 0 saturated carbocycles. The third-order valence-corrected chi connectivity index (χ3v) is 3.59. The fraction of sp³-hybridized carbons (Fsp3) is 0.154. The minimum Gasteiger partial charge on any atom is -0.497 e. The van der Waals surface area contributed by atoms with Crippen molar-refractivity contribution in [2.24, 2.45) is 0 Å². The van der Waals surface area contributed by atoms with Crippen LogP contribution in [-0.4, -0.2) is 11.7 Å². The molecular formula is C13H12Br2N2O2. The van der Waals surface area contributed by atoms with E-state index < -0.39 is 0 Å². The van der Waals surface area contributed by atoms with E-state index >= 15 is 0 Å². The number of halogens is 2. The first-order valence-corrected chi connectivity index (χ1v) is 7.07. The highest BCUT2D eigenvalue weighted by Crippen LogP contribution is 2.20. The van der Waals surface area contributed by atoms with Crippen molar-refractivity contribution < 1.29 is 4.74 Å². The molecular weight excluding hydrogens is 376 g/mol. The van der Waals surface area contributed by atoms with Crippen LogP contribution in [0.25, 0.3) is 0 Å². The van der Waals surface area contributed by atoms with E-state index in [1.165, 1.54) is 0 Å². The zero-order valence-electron chi connectivity index (χ0n) is 10.2. The van der Waals surface area contributed by atoms with Crippen molar-refractivity contribution in [1.82, 2.24) is 4.57 Å². The first-order valence-electron chi connectivity index (χ1n) is 5.48. The standard InChI is InChI=1S/C13H12Br2N2O2/c1-19-11-3-8(2-10(16)5-11)6-17-7-9(14)4-12(15)13(17)18/h2-5,7H,6,16H2,1H3. The van der Waals surface area contributed by atoms with Gasteiger partial charge in [0.05, 0.1) is 18.1 Å². The average Bonchev–Trinajstić information content (AvgIpc) is 2.34. The van der Waals surface area contributed by atoms with E-state index in [-0.39, 0.29) is 5.56 Å². The number of benzene rings is 1. The molecule has 2 N–H and O–H groups in total. The first kappa shape index (κ1) is 14.1. The summed E-state index contributed by atoms with van der Waals surface area (Å²) in [5.41, 5.74) is 7.22. The van der Waals surface area contributed by atoms with Crippen molar-refractivity contribution >= 4 is 37.5 Å². The zero-order chi connectivity index (χ0) is 14.0. The summed E-state index contributed by atoms with van der Waals surface area (Å²) in [6.45, 7) is 0.429. The van der Waals surface area contributed by atoms with E-state index in [0.29, 0.717) is 22.5 Å². The van der Waals surface area contributed by atoms with Crippen molar-refractivity contribution in [2.75, 3.05) is 12.8 Å². The molecule has 0 aliphatic rings. The maximum atomic E-state index is 12.0. The number of methoxy groups -OCH3 is 1. The molecule has 0 spiro atoms. The fourth-order valence-electron chi connectivity index (χ4n) is 1.77. The molecule has 0 fully saturated rings. The molecule has 2 aromatic rings. The molecule has 0 saturated heterocycles. The van der Waals surface area contributed by atoms with E-state index in [4.69, 9.17) is 10.5 Å². The van der Waals surface area contributed by atoms with Gasteiger partial charge in [-0.25, -0.2) is 0 Å². The van der Waals surface area contributed by atoms with E-state index in [1.807, 2.05) is 12.1 Å². The number of anilines is 1. The third-order valence-electron chi connectivity index (χ3n) is 2.59. The second-order valence-corrected chi connectivity index (χ2v) is 5.82. The van der Waals surface area contributed by atoms with Crippen molar-refractivity contribution in [2.45, 2.75) is 6.54 Å². The van der Waals surface area contributed by atoms with E-state index in [1.54, 1.807) is 30.0 Å². The summed E-state index contributed by atoms with van der Waals surface area (Å²) >= 11 is 6.60. The lowest BCUT2D eigenvalue weighted by Gasteiger charge is -2.10. The molecule has 0 amide bonds. The highest BCUT2D eigenvalue weighted by atomic mass is 79.9. The lowest BCUT2D eigenvalue weighted by Crippen LogP contribution is -2.20. The number of ether oxygens (including phenoxy) is 1. The number of hydrogen-bond acceptors (Lipinski definition) is 3. The smallest absolute Gasteiger partial charge is 0.265 e. The van der Waals surface area contributed by atoms with Crippen LogP contribution in [0.15, 0.2) is 44.2 Å². The molecule has 1 aromatic carbocycles. The van der Waals surface area contributed by atoms with Crippen molar-refractivity contribution in [1.29, 1.82) is 0 Å². The Kier molecular flexibility index (Phi) is 4.31. The zero-order valence-corrected chi connectivity index (χ0v) is 13.4. The molecule has 1 heterocycles. The van der Waals surface area contributed by atoms with Crippen molar-refractivity contribution in [3.05, 3.63) is 55.3 Å². The van der Waals surface area contributed by atoms with Gasteiger partial charge in [0.2, 0.25) is 0 Å². The Balaban J connectivity index is 2.41. The lowest BCUT2D eigenvalue weighted by atomic mass is 10.2. The number of rotatable bonds is 3. The maximum Gasteiger partial charge on any atom is 0.265 e. The summed E-state index contributed by atoms with van der Waals surface area (Å²) in [5, 5.41) is 0. The molecule has 4 nitrogen and oxygen atoms in total. The summed E-state index contributed by atoms with van der Waals surface area (Å²) in [6, 6.07) is 7.14. The van der Waals surface area contributed by atoms with Crippen molar-refractivity contribution in [3.8, 4) is 5.75 Å². The van der Waals surface area contributed by atoms with Gasteiger partial charge in [0.1, 0.15) is 5.75 Å².